The van der Waals surface area contributed by atoms with Gasteiger partial charge in [-0.25, -0.2) is 9.97 Å². The first-order valence-corrected chi connectivity index (χ1v) is 11.9. The van der Waals surface area contributed by atoms with Gasteiger partial charge in [0, 0.05) is 19.0 Å². The first-order valence-electron chi connectivity index (χ1n) is 11.0. The van der Waals surface area contributed by atoms with Crippen LogP contribution in [-0.4, -0.2) is 34.4 Å². The molecule has 3 aromatic heterocycles. The van der Waals surface area contributed by atoms with Crippen molar-refractivity contribution in [3.8, 4) is 11.3 Å². The monoisotopic (exact) mass is 460 g/mol. The van der Waals surface area contributed by atoms with Crippen LogP contribution < -0.4 is 10.6 Å². The van der Waals surface area contributed by atoms with Gasteiger partial charge in [0.25, 0.3) is 5.91 Å². The summed E-state index contributed by atoms with van der Waals surface area (Å²) in [7, 11) is 0. The fraction of sp³-hybridized carbons (Fsp3) is 0.280. The summed E-state index contributed by atoms with van der Waals surface area (Å²) in [5.41, 5.74) is 5.09. The summed E-state index contributed by atoms with van der Waals surface area (Å²) >= 11 is 1.61. The van der Waals surface area contributed by atoms with E-state index >= 15 is 0 Å². The highest BCUT2D eigenvalue weighted by Gasteiger charge is 2.24. The van der Waals surface area contributed by atoms with E-state index in [-0.39, 0.29) is 11.8 Å². The Kier molecular flexibility index (Phi) is 5.92. The van der Waals surface area contributed by atoms with Crippen LogP contribution in [0.4, 0.5) is 0 Å². The molecule has 5 rings (SSSR count). The molecule has 7 nitrogen and oxygen atoms in total. The second-order valence-electron chi connectivity index (χ2n) is 8.24. The summed E-state index contributed by atoms with van der Waals surface area (Å²) in [5, 5.41) is 7.71. The highest BCUT2D eigenvalue weighted by Crippen LogP contribution is 2.27. The summed E-state index contributed by atoms with van der Waals surface area (Å²) < 4.78 is 6.37. The number of aromatic nitrogens is 2. The van der Waals surface area contributed by atoms with Gasteiger partial charge in [-0.3, -0.25) is 9.59 Å². The van der Waals surface area contributed by atoms with Crippen molar-refractivity contribution in [2.75, 3.05) is 6.54 Å². The number of hydrogen-bond donors (Lipinski definition) is 2. The Balaban J connectivity index is 1.38. The van der Waals surface area contributed by atoms with Crippen LogP contribution in [-0.2, 0) is 11.2 Å². The molecule has 1 aromatic carbocycles. The Bertz CT molecular complexity index is 1310. The SMILES string of the molecule is Cc1nc(-c2ccc(Cc3cc(C(=O)NC4CCCCNC4=O)nc4ccsc34)cc2)co1. The van der Waals surface area contributed by atoms with Gasteiger partial charge in [-0.15, -0.1) is 11.3 Å². The maximum absolute atomic E-state index is 13.0. The maximum atomic E-state index is 13.0. The summed E-state index contributed by atoms with van der Waals surface area (Å²) in [4.78, 5) is 34.1. The molecule has 168 valence electrons. The Hall–Kier alpha value is -3.52. The Morgan fingerprint density at radius 3 is 2.85 bits per heavy atom. The largest absolute Gasteiger partial charge is 0.449 e. The lowest BCUT2D eigenvalue weighted by Crippen LogP contribution is -2.45. The van der Waals surface area contributed by atoms with E-state index in [1.165, 1.54) is 0 Å². The molecular formula is C25H24N4O3S. The number of amides is 2. The third-order valence-electron chi connectivity index (χ3n) is 5.82. The zero-order valence-electron chi connectivity index (χ0n) is 18.3. The van der Waals surface area contributed by atoms with Crippen LogP contribution in [0.1, 0.15) is 46.8 Å². The number of aryl methyl sites for hydroxylation is 1. The third kappa shape index (κ3) is 4.66. The Morgan fingerprint density at radius 1 is 1.21 bits per heavy atom. The van der Waals surface area contributed by atoms with Gasteiger partial charge in [-0.05, 0) is 54.3 Å². The quantitative estimate of drug-likeness (QED) is 0.464. The average molecular weight is 461 g/mol. The standard InChI is InChI=1S/C25H24N4O3S/c1-15-27-22(14-32-15)17-7-5-16(6-8-17)12-18-13-21(28-19-9-11-33-23(18)19)25(31)29-20-4-2-3-10-26-24(20)30/h5-9,11,13-14,20H,2-4,10,12H2,1H3,(H,26,30)(H,29,31). The Morgan fingerprint density at radius 2 is 2.06 bits per heavy atom. The number of benzene rings is 1. The smallest absolute Gasteiger partial charge is 0.270 e. The minimum Gasteiger partial charge on any atom is -0.449 e. The van der Waals surface area contributed by atoms with Crippen molar-refractivity contribution in [3.05, 3.63) is 70.8 Å². The number of thiophene rings is 1. The van der Waals surface area contributed by atoms with Crippen molar-refractivity contribution < 1.29 is 14.0 Å². The molecule has 1 fully saturated rings. The topological polar surface area (TPSA) is 97.1 Å². The molecule has 4 aromatic rings. The molecule has 2 N–H and O–H groups in total. The van der Waals surface area contributed by atoms with Gasteiger partial charge < -0.3 is 15.1 Å². The molecule has 33 heavy (non-hydrogen) atoms. The zero-order valence-corrected chi connectivity index (χ0v) is 19.1. The lowest BCUT2D eigenvalue weighted by Gasteiger charge is -2.15. The van der Waals surface area contributed by atoms with Gasteiger partial charge in [0.15, 0.2) is 5.89 Å². The van der Waals surface area contributed by atoms with Crippen molar-refractivity contribution in [1.82, 2.24) is 20.6 Å². The molecule has 0 radical (unpaired) electrons. The lowest BCUT2D eigenvalue weighted by atomic mass is 10.0. The van der Waals surface area contributed by atoms with Crippen LogP contribution >= 0.6 is 11.3 Å². The number of carbonyl (C=O) groups excluding carboxylic acids is 2. The third-order valence-corrected chi connectivity index (χ3v) is 6.80. The Labute approximate surface area is 195 Å². The van der Waals surface area contributed by atoms with Gasteiger partial charge >= 0.3 is 0 Å². The second-order valence-corrected chi connectivity index (χ2v) is 9.16. The molecule has 0 bridgehead atoms. The van der Waals surface area contributed by atoms with Crippen LogP contribution in [0, 0.1) is 6.92 Å². The lowest BCUT2D eigenvalue weighted by molar-refractivity contribution is -0.122. The molecule has 1 saturated heterocycles. The van der Waals surface area contributed by atoms with Gasteiger partial charge in [0.1, 0.15) is 23.7 Å². The van der Waals surface area contributed by atoms with Crippen molar-refractivity contribution in [3.63, 3.8) is 0 Å². The van der Waals surface area contributed by atoms with Gasteiger partial charge in [0.2, 0.25) is 5.91 Å². The van der Waals surface area contributed by atoms with E-state index in [2.05, 4.69) is 32.7 Å². The second kappa shape index (κ2) is 9.15. The molecule has 0 saturated carbocycles. The fourth-order valence-corrected chi connectivity index (χ4v) is 4.94. The van der Waals surface area contributed by atoms with E-state index in [0.717, 1.165) is 45.4 Å². The molecule has 8 heteroatoms. The molecular weight excluding hydrogens is 436 g/mol. The minimum atomic E-state index is -0.517. The van der Waals surface area contributed by atoms with E-state index < -0.39 is 6.04 Å². The van der Waals surface area contributed by atoms with E-state index in [1.54, 1.807) is 17.6 Å². The van der Waals surface area contributed by atoms with Crippen LogP contribution in [0.3, 0.4) is 0 Å². The van der Waals surface area contributed by atoms with Crippen LogP contribution in [0.5, 0.6) is 0 Å². The van der Waals surface area contributed by atoms with E-state index in [9.17, 15) is 9.59 Å². The van der Waals surface area contributed by atoms with Gasteiger partial charge in [0.05, 0.1) is 10.2 Å². The van der Waals surface area contributed by atoms with Crippen molar-refractivity contribution >= 4 is 33.4 Å². The van der Waals surface area contributed by atoms with Gasteiger partial charge in [-0.1, -0.05) is 24.3 Å². The van der Waals surface area contributed by atoms with Crippen molar-refractivity contribution in [2.24, 2.45) is 0 Å². The summed E-state index contributed by atoms with van der Waals surface area (Å²) in [6.45, 7) is 2.48. The molecule has 4 heterocycles. The molecule has 1 atom stereocenters. The number of pyridine rings is 1. The normalized spacial score (nSPS) is 16.4. The first kappa shape index (κ1) is 21.3. The summed E-state index contributed by atoms with van der Waals surface area (Å²) in [6, 6.07) is 11.4. The van der Waals surface area contributed by atoms with Crippen LogP contribution in [0.15, 0.2) is 52.5 Å². The summed E-state index contributed by atoms with van der Waals surface area (Å²) in [5.74, 6) is 0.196. The van der Waals surface area contributed by atoms with E-state index in [1.807, 2.05) is 36.6 Å². The maximum Gasteiger partial charge on any atom is 0.270 e. The number of oxazole rings is 1. The van der Waals surface area contributed by atoms with Gasteiger partial charge in [-0.2, -0.15) is 0 Å². The number of hydrogen-bond acceptors (Lipinski definition) is 6. The highest BCUT2D eigenvalue weighted by atomic mass is 32.1. The van der Waals surface area contributed by atoms with Crippen LogP contribution in [0.2, 0.25) is 0 Å². The molecule has 0 aliphatic carbocycles. The fourth-order valence-electron chi connectivity index (χ4n) is 4.09. The predicted molar refractivity (Wildman–Crippen MR) is 127 cm³/mol. The number of carbonyl (C=O) groups is 2. The molecule has 1 unspecified atom stereocenters. The highest BCUT2D eigenvalue weighted by molar-refractivity contribution is 7.17. The summed E-state index contributed by atoms with van der Waals surface area (Å²) in [6.07, 6.45) is 4.79. The molecule has 2 amide bonds. The number of rotatable bonds is 5. The molecule has 1 aliphatic heterocycles. The van der Waals surface area contributed by atoms with E-state index in [4.69, 9.17) is 4.42 Å². The number of nitrogens with zero attached hydrogens (tertiary/aromatic N) is 2. The number of nitrogens with one attached hydrogen (secondary N) is 2. The average Bonchev–Trinajstić information content (AvgIpc) is 3.42. The van der Waals surface area contributed by atoms with Crippen molar-refractivity contribution in [2.45, 2.75) is 38.6 Å². The minimum absolute atomic E-state index is 0.125. The van der Waals surface area contributed by atoms with Crippen molar-refractivity contribution in [1.29, 1.82) is 0 Å². The molecule has 1 aliphatic rings. The van der Waals surface area contributed by atoms with Crippen LogP contribution in [0.25, 0.3) is 21.5 Å². The first-order chi connectivity index (χ1) is 16.1. The predicted octanol–water partition coefficient (Wildman–Crippen LogP) is 4.25. The number of fused-ring (bicyclic) bond motifs is 1. The molecule has 0 spiro atoms. The van der Waals surface area contributed by atoms with E-state index in [0.29, 0.717) is 31.0 Å². The zero-order chi connectivity index (χ0) is 22.8.